The van der Waals surface area contributed by atoms with E-state index in [1.165, 1.54) is 22.9 Å². The van der Waals surface area contributed by atoms with Crippen LogP contribution in [0.4, 0.5) is 26.6 Å². The summed E-state index contributed by atoms with van der Waals surface area (Å²) >= 11 is 8.09. The van der Waals surface area contributed by atoms with Gasteiger partial charge in [-0.15, -0.1) is 22.7 Å². The maximum absolute atomic E-state index is 13.2. The van der Waals surface area contributed by atoms with Gasteiger partial charge in [-0.2, -0.15) is 0 Å². The molecule has 0 fully saturated rings. The lowest BCUT2D eigenvalue weighted by Gasteiger charge is -2.20. The highest BCUT2D eigenvalue weighted by atomic mass is 79.9. The molecule has 0 aliphatic heterocycles. The molecule has 13 nitrogen and oxygen atoms in total. The predicted octanol–water partition coefficient (Wildman–Crippen LogP) is 4.75. The van der Waals surface area contributed by atoms with Crippen LogP contribution in [0.2, 0.25) is 0 Å². The SMILES string of the molecule is Cc1noc(NS(=O)(=O)c2ccsc2N(C(N)=O)c2sccc2S(=O)(=O)Nc2onc(C)c2Br)c1Br. The number of carbonyl (C=O) groups excluding carboxylic acids is 1. The van der Waals surface area contributed by atoms with Crippen molar-refractivity contribution in [3.05, 3.63) is 43.2 Å². The van der Waals surface area contributed by atoms with Gasteiger partial charge in [-0.3, -0.25) is 0 Å². The van der Waals surface area contributed by atoms with E-state index >= 15 is 0 Å². The van der Waals surface area contributed by atoms with Gasteiger partial charge in [0.25, 0.3) is 31.8 Å². The van der Waals surface area contributed by atoms with Gasteiger partial charge in [0.1, 0.15) is 28.7 Å². The number of thiophene rings is 2. The number of aromatic nitrogens is 2. The first-order valence-electron chi connectivity index (χ1n) is 9.37. The Bertz CT molecular complexity index is 1560. The molecule has 4 aromatic heterocycles. The Morgan fingerprint density at radius 2 is 1.28 bits per heavy atom. The Kier molecular flexibility index (Phi) is 7.23. The molecule has 192 valence electrons. The molecular formula is C17H14Br2N6O7S4. The Morgan fingerprint density at radius 3 is 1.58 bits per heavy atom. The van der Waals surface area contributed by atoms with Gasteiger partial charge in [0, 0.05) is 0 Å². The van der Waals surface area contributed by atoms with Crippen molar-refractivity contribution in [3.63, 3.8) is 0 Å². The lowest BCUT2D eigenvalue weighted by atomic mass is 10.5. The van der Waals surface area contributed by atoms with Crippen molar-refractivity contribution in [1.82, 2.24) is 10.3 Å². The van der Waals surface area contributed by atoms with E-state index in [9.17, 15) is 21.6 Å². The van der Waals surface area contributed by atoms with E-state index in [2.05, 4.69) is 51.6 Å². The molecule has 0 unspecified atom stereocenters. The van der Waals surface area contributed by atoms with Gasteiger partial charge in [-0.05, 0) is 68.6 Å². The molecule has 0 aliphatic rings. The van der Waals surface area contributed by atoms with E-state index in [-0.39, 0.29) is 31.6 Å². The van der Waals surface area contributed by atoms with Crippen LogP contribution >= 0.6 is 54.5 Å². The summed E-state index contributed by atoms with van der Waals surface area (Å²) < 4.78 is 67.7. The van der Waals surface area contributed by atoms with Crippen molar-refractivity contribution < 1.29 is 30.7 Å². The number of amides is 2. The third kappa shape index (κ3) is 4.90. The summed E-state index contributed by atoms with van der Waals surface area (Å²) in [5.74, 6) is -0.349. The topological polar surface area (TPSA) is 191 Å². The molecule has 4 heterocycles. The first-order valence-corrected chi connectivity index (χ1v) is 15.7. The number of hydrogen-bond acceptors (Lipinski definition) is 11. The molecule has 0 atom stereocenters. The first-order chi connectivity index (χ1) is 16.8. The average Bonchev–Trinajstić information content (AvgIpc) is 3.58. The minimum Gasteiger partial charge on any atom is -0.351 e. The molecule has 0 saturated heterocycles. The summed E-state index contributed by atoms with van der Waals surface area (Å²) in [6, 6.07) is 1.37. The summed E-state index contributed by atoms with van der Waals surface area (Å²) in [6.07, 6.45) is 0. The van der Waals surface area contributed by atoms with Crippen molar-refractivity contribution in [2.45, 2.75) is 23.6 Å². The minimum absolute atomic E-state index is 0.141. The van der Waals surface area contributed by atoms with Crippen molar-refractivity contribution >= 4 is 102 Å². The van der Waals surface area contributed by atoms with Crippen molar-refractivity contribution in [3.8, 4) is 0 Å². The number of urea groups is 1. The fourth-order valence-electron chi connectivity index (χ4n) is 2.80. The number of hydrogen-bond donors (Lipinski definition) is 3. The average molecular weight is 702 g/mol. The second kappa shape index (κ2) is 9.78. The van der Waals surface area contributed by atoms with Gasteiger partial charge >= 0.3 is 6.03 Å². The molecule has 2 amide bonds. The quantitative estimate of drug-likeness (QED) is 0.233. The van der Waals surface area contributed by atoms with Crippen LogP contribution in [-0.4, -0.2) is 33.2 Å². The van der Waals surface area contributed by atoms with Gasteiger partial charge in [0.05, 0.1) is 11.4 Å². The zero-order chi connectivity index (χ0) is 26.4. The lowest BCUT2D eigenvalue weighted by Crippen LogP contribution is -2.32. The van der Waals surface area contributed by atoms with Crippen LogP contribution in [0.5, 0.6) is 0 Å². The molecule has 0 aliphatic carbocycles. The van der Waals surface area contributed by atoms with Crippen LogP contribution < -0.4 is 20.1 Å². The van der Waals surface area contributed by atoms with Crippen molar-refractivity contribution in [2.75, 3.05) is 14.3 Å². The molecule has 0 bridgehead atoms. The summed E-state index contributed by atoms with van der Waals surface area (Å²) in [6.45, 7) is 3.20. The van der Waals surface area contributed by atoms with Crippen LogP contribution in [0.3, 0.4) is 0 Å². The van der Waals surface area contributed by atoms with Crippen molar-refractivity contribution in [2.24, 2.45) is 5.73 Å². The molecule has 0 aromatic carbocycles. The second-order valence-electron chi connectivity index (χ2n) is 6.89. The number of anilines is 4. The number of nitrogens with two attached hydrogens (primary N) is 1. The summed E-state index contributed by atoms with van der Waals surface area (Å²) in [5, 5.41) is 9.88. The Hall–Kier alpha value is -2.45. The number of nitrogens with one attached hydrogen (secondary N) is 2. The normalized spacial score (nSPS) is 12.0. The molecule has 0 spiro atoms. The first kappa shape index (κ1) is 26.6. The van der Waals surface area contributed by atoms with Gasteiger partial charge < -0.3 is 14.8 Å². The van der Waals surface area contributed by atoms with E-state index in [1.54, 1.807) is 13.8 Å². The zero-order valence-electron chi connectivity index (χ0n) is 18.0. The van der Waals surface area contributed by atoms with E-state index in [0.29, 0.717) is 20.3 Å². The Balaban J connectivity index is 1.76. The van der Waals surface area contributed by atoms with Gasteiger partial charge in [-0.1, -0.05) is 10.3 Å². The third-order valence-corrected chi connectivity index (χ3v) is 11.1. The summed E-state index contributed by atoms with van der Waals surface area (Å²) in [5.41, 5.74) is 6.42. The maximum atomic E-state index is 13.2. The smallest absolute Gasteiger partial charge is 0.325 e. The lowest BCUT2D eigenvalue weighted by molar-refractivity contribution is 0.256. The van der Waals surface area contributed by atoms with Gasteiger partial charge in [0.15, 0.2) is 0 Å². The Morgan fingerprint density at radius 1 is 0.889 bits per heavy atom. The van der Waals surface area contributed by atoms with Crippen molar-refractivity contribution in [1.29, 1.82) is 0 Å². The fourth-order valence-corrected chi connectivity index (χ4v) is 8.46. The number of aryl methyl sites for hydroxylation is 2. The highest BCUT2D eigenvalue weighted by molar-refractivity contribution is 9.11. The number of sulfonamides is 2. The number of nitrogens with zero attached hydrogens (tertiary/aromatic N) is 3. The molecule has 0 saturated carbocycles. The molecule has 4 aromatic rings. The van der Waals surface area contributed by atoms with E-state index in [1.807, 2.05) is 0 Å². The van der Waals surface area contributed by atoms with E-state index < -0.39 is 26.1 Å². The maximum Gasteiger partial charge on any atom is 0.325 e. The Labute approximate surface area is 229 Å². The minimum atomic E-state index is -4.32. The molecule has 4 N–H and O–H groups in total. The molecule has 4 rings (SSSR count). The number of carbonyl (C=O) groups is 1. The summed E-state index contributed by atoms with van der Waals surface area (Å²) in [4.78, 5) is 12.7. The third-order valence-electron chi connectivity index (χ3n) is 4.46. The monoisotopic (exact) mass is 700 g/mol. The predicted molar refractivity (Wildman–Crippen MR) is 140 cm³/mol. The van der Waals surface area contributed by atoms with Crippen LogP contribution in [0.1, 0.15) is 11.4 Å². The second-order valence-corrected chi connectivity index (χ2v) is 13.6. The van der Waals surface area contributed by atoms with Crippen LogP contribution in [-0.2, 0) is 20.0 Å². The highest BCUT2D eigenvalue weighted by Crippen LogP contribution is 2.43. The molecule has 36 heavy (non-hydrogen) atoms. The number of rotatable bonds is 8. The largest absolute Gasteiger partial charge is 0.351 e. The van der Waals surface area contributed by atoms with E-state index in [0.717, 1.165) is 27.6 Å². The highest BCUT2D eigenvalue weighted by Gasteiger charge is 2.34. The standard InChI is InChI=1S/C17H14Br2N6O7S4/c1-7-11(18)13(31-21-7)23-35(27,28)9-3-5-33-15(9)25(17(20)26)16-10(4-6-34-16)36(29,30)24-14-12(19)8(2)22-32-14/h3-6,23-24H,1-2H3,(H2,20,26). The van der Waals surface area contributed by atoms with Crippen LogP contribution in [0.15, 0.2) is 50.7 Å². The summed E-state index contributed by atoms with van der Waals surface area (Å²) in [7, 11) is -8.64. The van der Waals surface area contributed by atoms with Gasteiger partial charge in [0.2, 0.25) is 0 Å². The number of primary amides is 1. The molecular weight excluding hydrogens is 688 g/mol. The molecule has 0 radical (unpaired) electrons. The van der Waals surface area contributed by atoms with E-state index in [4.69, 9.17) is 14.8 Å². The van der Waals surface area contributed by atoms with Gasteiger partial charge in [-0.25, -0.2) is 36.0 Å². The fraction of sp³-hybridized carbons (Fsp3) is 0.118. The zero-order valence-corrected chi connectivity index (χ0v) is 24.4. The van der Waals surface area contributed by atoms with Crippen LogP contribution in [0, 0.1) is 13.8 Å². The number of halogens is 2. The molecule has 19 heteroatoms. The van der Waals surface area contributed by atoms with Crippen LogP contribution in [0.25, 0.3) is 0 Å².